The van der Waals surface area contributed by atoms with Gasteiger partial charge < -0.3 is 4.74 Å². The number of aryl methyl sites for hydroxylation is 1. The Hall–Kier alpha value is -1.52. The fraction of sp³-hybridized carbons (Fsp3) is 0.250. The van der Waals surface area contributed by atoms with Crippen LogP contribution < -0.4 is 4.74 Å². The molecule has 0 saturated carbocycles. The predicted molar refractivity (Wildman–Crippen MR) is 84.8 cm³/mol. The van der Waals surface area contributed by atoms with Gasteiger partial charge in [-0.1, -0.05) is 38.1 Å². The van der Waals surface area contributed by atoms with Gasteiger partial charge in [-0.25, -0.2) is 8.42 Å². The lowest BCUT2D eigenvalue weighted by atomic mass is 10.0. The molecule has 2 rings (SSSR count). The summed E-state index contributed by atoms with van der Waals surface area (Å²) < 4.78 is 29.0. The molecule has 0 saturated heterocycles. The van der Waals surface area contributed by atoms with Gasteiger partial charge in [0.1, 0.15) is 16.4 Å². The Labute approximate surface area is 129 Å². The summed E-state index contributed by atoms with van der Waals surface area (Å²) in [5.41, 5.74) is 1.90. The number of rotatable bonds is 4. The van der Waals surface area contributed by atoms with Crippen molar-refractivity contribution in [1.82, 2.24) is 0 Å². The molecule has 0 amide bonds. The summed E-state index contributed by atoms with van der Waals surface area (Å²) in [6, 6.07) is 12.4. The first kappa shape index (κ1) is 15.9. The standard InChI is InChI=1S/C16H17ClO3S/c1-11(2)13-7-9-14(10-8-13)20-16-12(3)5-4-6-15(16)21(17,18)19/h4-11H,1-3H3. The van der Waals surface area contributed by atoms with E-state index < -0.39 is 9.05 Å². The molecule has 0 heterocycles. The van der Waals surface area contributed by atoms with Crippen molar-refractivity contribution < 1.29 is 13.2 Å². The van der Waals surface area contributed by atoms with Crippen LogP contribution in [0.1, 0.15) is 30.9 Å². The molecule has 0 N–H and O–H groups in total. The largest absolute Gasteiger partial charge is 0.456 e. The summed E-state index contributed by atoms with van der Waals surface area (Å²) in [5, 5.41) is 0. The van der Waals surface area contributed by atoms with Crippen molar-refractivity contribution >= 4 is 19.7 Å². The maximum atomic E-state index is 11.6. The minimum Gasteiger partial charge on any atom is -0.456 e. The number of para-hydroxylation sites is 1. The first-order valence-corrected chi connectivity index (χ1v) is 8.92. The molecule has 0 bridgehead atoms. The highest BCUT2D eigenvalue weighted by Crippen LogP contribution is 2.34. The molecule has 0 aliphatic carbocycles. The summed E-state index contributed by atoms with van der Waals surface area (Å²) in [5.74, 6) is 1.27. The third kappa shape index (κ3) is 3.77. The van der Waals surface area contributed by atoms with Gasteiger partial charge in [-0.3, -0.25) is 0 Å². The van der Waals surface area contributed by atoms with Crippen LogP contribution in [0.3, 0.4) is 0 Å². The van der Waals surface area contributed by atoms with Crippen LogP contribution in [0, 0.1) is 6.92 Å². The second kappa shape index (κ2) is 6.08. The average Bonchev–Trinajstić information content (AvgIpc) is 2.40. The Morgan fingerprint density at radius 1 is 1.05 bits per heavy atom. The van der Waals surface area contributed by atoms with Gasteiger partial charge in [-0.2, -0.15) is 0 Å². The van der Waals surface area contributed by atoms with Gasteiger partial charge in [0.2, 0.25) is 0 Å². The van der Waals surface area contributed by atoms with E-state index in [0.717, 1.165) is 0 Å². The Kier molecular flexibility index (Phi) is 4.59. The van der Waals surface area contributed by atoms with Crippen molar-refractivity contribution in [3.63, 3.8) is 0 Å². The topological polar surface area (TPSA) is 43.4 Å². The van der Waals surface area contributed by atoms with Crippen LogP contribution in [0.15, 0.2) is 47.4 Å². The monoisotopic (exact) mass is 324 g/mol. The summed E-state index contributed by atoms with van der Waals surface area (Å²) in [4.78, 5) is -0.0166. The third-order valence-electron chi connectivity index (χ3n) is 3.21. The van der Waals surface area contributed by atoms with Crippen molar-refractivity contribution in [2.24, 2.45) is 0 Å². The van der Waals surface area contributed by atoms with Crippen LogP contribution in [0.4, 0.5) is 0 Å². The Bertz CT molecular complexity index is 735. The molecule has 0 aliphatic heterocycles. The van der Waals surface area contributed by atoms with E-state index >= 15 is 0 Å². The van der Waals surface area contributed by atoms with Crippen LogP contribution in [-0.4, -0.2) is 8.42 Å². The second-order valence-corrected chi connectivity index (χ2v) is 7.70. The van der Waals surface area contributed by atoms with Crippen molar-refractivity contribution in [2.45, 2.75) is 31.6 Å². The van der Waals surface area contributed by atoms with Crippen LogP contribution in [0.25, 0.3) is 0 Å². The molecule has 0 aromatic heterocycles. The van der Waals surface area contributed by atoms with E-state index in [1.54, 1.807) is 19.1 Å². The van der Waals surface area contributed by atoms with Crippen molar-refractivity contribution in [3.05, 3.63) is 53.6 Å². The maximum absolute atomic E-state index is 11.6. The lowest BCUT2D eigenvalue weighted by molar-refractivity contribution is 0.464. The Morgan fingerprint density at radius 2 is 1.67 bits per heavy atom. The smallest absolute Gasteiger partial charge is 0.265 e. The molecule has 5 heteroatoms. The molecule has 2 aromatic rings. The molecule has 112 valence electrons. The highest BCUT2D eigenvalue weighted by molar-refractivity contribution is 8.13. The zero-order valence-electron chi connectivity index (χ0n) is 12.1. The molecule has 0 radical (unpaired) electrons. The van der Waals surface area contributed by atoms with E-state index in [2.05, 4.69) is 13.8 Å². The minimum atomic E-state index is -3.85. The highest BCUT2D eigenvalue weighted by Gasteiger charge is 2.19. The zero-order valence-corrected chi connectivity index (χ0v) is 13.7. The van der Waals surface area contributed by atoms with E-state index in [0.29, 0.717) is 17.2 Å². The molecule has 3 nitrogen and oxygen atoms in total. The van der Waals surface area contributed by atoms with Gasteiger partial charge in [-0.05, 0) is 42.2 Å². The molecule has 0 unspecified atom stereocenters. The quantitative estimate of drug-likeness (QED) is 0.756. The third-order valence-corrected chi connectivity index (χ3v) is 4.55. The first-order chi connectivity index (χ1) is 9.79. The molecule has 0 aliphatic rings. The molecule has 21 heavy (non-hydrogen) atoms. The van der Waals surface area contributed by atoms with Gasteiger partial charge in [0.05, 0.1) is 0 Å². The van der Waals surface area contributed by atoms with Crippen LogP contribution >= 0.6 is 10.7 Å². The molecular weight excluding hydrogens is 308 g/mol. The van der Waals surface area contributed by atoms with Gasteiger partial charge in [-0.15, -0.1) is 0 Å². The number of ether oxygens (including phenoxy) is 1. The van der Waals surface area contributed by atoms with Crippen molar-refractivity contribution in [1.29, 1.82) is 0 Å². The zero-order chi connectivity index (χ0) is 15.6. The summed E-state index contributed by atoms with van der Waals surface area (Å²) in [6.07, 6.45) is 0. The summed E-state index contributed by atoms with van der Waals surface area (Å²) >= 11 is 0. The van der Waals surface area contributed by atoms with Crippen molar-refractivity contribution in [3.8, 4) is 11.5 Å². The van der Waals surface area contributed by atoms with Crippen LogP contribution in [-0.2, 0) is 9.05 Å². The first-order valence-electron chi connectivity index (χ1n) is 6.61. The lowest BCUT2D eigenvalue weighted by Crippen LogP contribution is -1.98. The van der Waals surface area contributed by atoms with E-state index in [4.69, 9.17) is 15.4 Å². The molecule has 0 spiro atoms. The fourth-order valence-electron chi connectivity index (χ4n) is 1.99. The molecular formula is C16H17ClO3S. The fourth-order valence-corrected chi connectivity index (χ4v) is 3.02. The van der Waals surface area contributed by atoms with E-state index in [1.807, 2.05) is 24.3 Å². The summed E-state index contributed by atoms with van der Waals surface area (Å²) in [7, 11) is 1.61. The number of hydrogen-bond donors (Lipinski definition) is 0. The average molecular weight is 325 g/mol. The van der Waals surface area contributed by atoms with Crippen LogP contribution in [0.5, 0.6) is 11.5 Å². The minimum absolute atomic E-state index is 0.0166. The normalized spacial score (nSPS) is 11.7. The molecule has 2 aromatic carbocycles. The number of halogens is 1. The van der Waals surface area contributed by atoms with Gasteiger partial charge in [0.15, 0.2) is 0 Å². The maximum Gasteiger partial charge on any atom is 0.265 e. The molecule has 0 fully saturated rings. The second-order valence-electron chi connectivity index (χ2n) is 5.17. The highest BCUT2D eigenvalue weighted by atomic mass is 35.7. The van der Waals surface area contributed by atoms with Gasteiger partial charge >= 0.3 is 0 Å². The van der Waals surface area contributed by atoms with Crippen LogP contribution in [0.2, 0.25) is 0 Å². The van der Waals surface area contributed by atoms with Crippen molar-refractivity contribution in [2.75, 3.05) is 0 Å². The van der Waals surface area contributed by atoms with E-state index in [-0.39, 0.29) is 10.6 Å². The van der Waals surface area contributed by atoms with Gasteiger partial charge in [0.25, 0.3) is 9.05 Å². The van der Waals surface area contributed by atoms with E-state index in [9.17, 15) is 8.42 Å². The SMILES string of the molecule is Cc1cccc(S(=O)(=O)Cl)c1Oc1ccc(C(C)C)cc1. The number of benzene rings is 2. The van der Waals surface area contributed by atoms with Gasteiger partial charge in [0, 0.05) is 10.7 Å². The molecule has 0 atom stereocenters. The predicted octanol–water partition coefficient (Wildman–Crippen LogP) is 4.84. The van der Waals surface area contributed by atoms with E-state index in [1.165, 1.54) is 11.6 Å². The Balaban J connectivity index is 2.40. The Morgan fingerprint density at radius 3 is 2.19 bits per heavy atom. The number of hydrogen-bond acceptors (Lipinski definition) is 3. The lowest BCUT2D eigenvalue weighted by Gasteiger charge is -2.13. The summed E-state index contributed by atoms with van der Waals surface area (Å²) in [6.45, 7) is 5.99.